The molecule has 0 saturated carbocycles. The van der Waals surface area contributed by atoms with Crippen molar-refractivity contribution in [3.63, 3.8) is 0 Å². The van der Waals surface area contributed by atoms with Gasteiger partial charge in [-0.15, -0.1) is 0 Å². The second kappa shape index (κ2) is 7.90. The lowest BCUT2D eigenvalue weighted by atomic mass is 10.2. The maximum absolute atomic E-state index is 12.4. The maximum atomic E-state index is 12.4. The standard InChI is InChI=1S/C13H19ClN4O3/c1-4-17(7-5-6-16(2)3)13(19)11-8-10(18(20)21)9-15-12(11)14/h8-9H,4-7H2,1-3H3. The van der Waals surface area contributed by atoms with Crippen molar-refractivity contribution < 1.29 is 9.72 Å². The summed E-state index contributed by atoms with van der Waals surface area (Å²) in [5.41, 5.74) is -0.176. The van der Waals surface area contributed by atoms with Crippen LogP contribution < -0.4 is 0 Å². The average Bonchev–Trinajstić information content (AvgIpc) is 2.43. The van der Waals surface area contributed by atoms with Gasteiger partial charge in [-0.1, -0.05) is 11.6 Å². The number of pyridine rings is 1. The van der Waals surface area contributed by atoms with Crippen LogP contribution in [0.15, 0.2) is 12.3 Å². The third-order valence-corrected chi connectivity index (χ3v) is 3.27. The molecule has 0 aliphatic rings. The summed E-state index contributed by atoms with van der Waals surface area (Å²) in [4.78, 5) is 29.9. The largest absolute Gasteiger partial charge is 0.339 e. The van der Waals surface area contributed by atoms with E-state index in [2.05, 4.69) is 4.98 Å². The van der Waals surface area contributed by atoms with Crippen molar-refractivity contribution in [1.29, 1.82) is 0 Å². The molecule has 0 saturated heterocycles. The summed E-state index contributed by atoms with van der Waals surface area (Å²) in [6.45, 7) is 3.77. The summed E-state index contributed by atoms with van der Waals surface area (Å²) in [6.07, 6.45) is 1.86. The van der Waals surface area contributed by atoms with Crippen LogP contribution in [0.25, 0.3) is 0 Å². The van der Waals surface area contributed by atoms with Gasteiger partial charge in [-0.25, -0.2) is 4.98 Å². The fraction of sp³-hybridized carbons (Fsp3) is 0.538. The van der Waals surface area contributed by atoms with Gasteiger partial charge in [0.25, 0.3) is 11.6 Å². The molecule has 7 nitrogen and oxygen atoms in total. The van der Waals surface area contributed by atoms with Crippen LogP contribution in [0.3, 0.4) is 0 Å². The zero-order valence-electron chi connectivity index (χ0n) is 12.4. The number of nitrogens with zero attached hydrogens (tertiary/aromatic N) is 4. The Hall–Kier alpha value is -1.73. The smallest absolute Gasteiger partial charge is 0.288 e. The highest BCUT2D eigenvalue weighted by Gasteiger charge is 2.21. The van der Waals surface area contributed by atoms with Gasteiger partial charge in [0.15, 0.2) is 0 Å². The van der Waals surface area contributed by atoms with Gasteiger partial charge in [-0.05, 0) is 34.0 Å². The van der Waals surface area contributed by atoms with Gasteiger partial charge in [-0.2, -0.15) is 0 Å². The number of hydrogen-bond donors (Lipinski definition) is 0. The van der Waals surface area contributed by atoms with E-state index < -0.39 is 4.92 Å². The molecule has 21 heavy (non-hydrogen) atoms. The topological polar surface area (TPSA) is 79.6 Å². The molecular formula is C13H19ClN4O3. The zero-order valence-corrected chi connectivity index (χ0v) is 13.1. The van der Waals surface area contributed by atoms with Crippen molar-refractivity contribution in [2.75, 3.05) is 33.7 Å². The minimum absolute atomic E-state index is 0.0170. The predicted molar refractivity (Wildman–Crippen MR) is 80.6 cm³/mol. The molecule has 1 rings (SSSR count). The Bertz CT molecular complexity index is 522. The number of carbonyl (C=O) groups is 1. The van der Waals surface area contributed by atoms with Crippen molar-refractivity contribution in [3.8, 4) is 0 Å². The van der Waals surface area contributed by atoms with Crippen LogP contribution >= 0.6 is 11.6 Å². The van der Waals surface area contributed by atoms with Crippen LogP contribution in [0.5, 0.6) is 0 Å². The Morgan fingerprint density at radius 1 is 1.43 bits per heavy atom. The number of rotatable bonds is 7. The number of nitro groups is 1. The van der Waals surface area contributed by atoms with E-state index in [0.29, 0.717) is 13.1 Å². The quantitative estimate of drug-likeness (QED) is 0.437. The maximum Gasteiger partial charge on any atom is 0.288 e. The van der Waals surface area contributed by atoms with Gasteiger partial charge in [0.2, 0.25) is 0 Å². The summed E-state index contributed by atoms with van der Waals surface area (Å²) in [5.74, 6) is -0.336. The van der Waals surface area contributed by atoms with E-state index in [1.165, 1.54) is 6.07 Å². The summed E-state index contributed by atoms with van der Waals surface area (Å²) in [7, 11) is 3.92. The second-order valence-electron chi connectivity index (χ2n) is 4.83. The first-order valence-electron chi connectivity index (χ1n) is 6.60. The highest BCUT2D eigenvalue weighted by Crippen LogP contribution is 2.20. The molecule has 1 aromatic heterocycles. The molecule has 1 aromatic rings. The van der Waals surface area contributed by atoms with Crippen LogP contribution in [0, 0.1) is 10.1 Å². The summed E-state index contributed by atoms with van der Waals surface area (Å²) in [5, 5.41) is 10.7. The zero-order chi connectivity index (χ0) is 16.0. The summed E-state index contributed by atoms with van der Waals surface area (Å²) in [6, 6.07) is 1.17. The fourth-order valence-electron chi connectivity index (χ4n) is 1.84. The molecule has 1 heterocycles. The van der Waals surface area contributed by atoms with Crippen molar-refractivity contribution in [2.45, 2.75) is 13.3 Å². The first kappa shape index (κ1) is 17.3. The van der Waals surface area contributed by atoms with E-state index in [-0.39, 0.29) is 22.3 Å². The SMILES string of the molecule is CCN(CCCN(C)C)C(=O)c1cc([N+](=O)[O-])cnc1Cl. The second-order valence-corrected chi connectivity index (χ2v) is 5.19. The van der Waals surface area contributed by atoms with Crippen LogP contribution in [-0.4, -0.2) is 59.3 Å². The molecule has 0 fully saturated rings. The Kier molecular flexibility index (Phi) is 6.51. The molecular weight excluding hydrogens is 296 g/mol. The van der Waals surface area contributed by atoms with E-state index in [9.17, 15) is 14.9 Å². The number of aromatic nitrogens is 1. The lowest BCUT2D eigenvalue weighted by Crippen LogP contribution is -2.33. The molecule has 0 unspecified atom stereocenters. The van der Waals surface area contributed by atoms with Gasteiger partial charge in [0, 0.05) is 19.2 Å². The van der Waals surface area contributed by atoms with Gasteiger partial charge in [0.05, 0.1) is 10.5 Å². The van der Waals surface area contributed by atoms with E-state index >= 15 is 0 Å². The highest BCUT2D eigenvalue weighted by atomic mass is 35.5. The molecule has 116 valence electrons. The van der Waals surface area contributed by atoms with Crippen LogP contribution in [0.2, 0.25) is 5.15 Å². The number of halogens is 1. The minimum Gasteiger partial charge on any atom is -0.339 e. The summed E-state index contributed by atoms with van der Waals surface area (Å²) < 4.78 is 0. The molecule has 0 radical (unpaired) electrons. The molecule has 0 spiro atoms. The van der Waals surface area contributed by atoms with E-state index in [0.717, 1.165) is 19.2 Å². The Morgan fingerprint density at radius 3 is 2.62 bits per heavy atom. The molecule has 0 aliphatic heterocycles. The van der Waals surface area contributed by atoms with E-state index in [1.54, 1.807) is 4.90 Å². The molecule has 0 N–H and O–H groups in total. The normalized spacial score (nSPS) is 10.7. The third kappa shape index (κ3) is 4.95. The predicted octanol–water partition coefficient (Wildman–Crippen LogP) is 2.06. The average molecular weight is 315 g/mol. The van der Waals surface area contributed by atoms with E-state index in [4.69, 9.17) is 11.6 Å². The van der Waals surface area contributed by atoms with Crippen LogP contribution in [0.4, 0.5) is 5.69 Å². The van der Waals surface area contributed by atoms with E-state index in [1.807, 2.05) is 25.9 Å². The lowest BCUT2D eigenvalue weighted by Gasteiger charge is -2.22. The van der Waals surface area contributed by atoms with Crippen LogP contribution in [-0.2, 0) is 0 Å². The number of carbonyl (C=O) groups excluding carboxylic acids is 1. The first-order valence-corrected chi connectivity index (χ1v) is 6.98. The number of amides is 1. The van der Waals surface area contributed by atoms with Gasteiger partial charge in [-0.3, -0.25) is 14.9 Å². The lowest BCUT2D eigenvalue weighted by molar-refractivity contribution is -0.385. The van der Waals surface area contributed by atoms with Crippen molar-refractivity contribution in [2.24, 2.45) is 0 Å². The van der Waals surface area contributed by atoms with Crippen molar-refractivity contribution >= 4 is 23.2 Å². The van der Waals surface area contributed by atoms with Crippen molar-refractivity contribution in [1.82, 2.24) is 14.8 Å². The molecule has 1 amide bonds. The third-order valence-electron chi connectivity index (χ3n) is 2.97. The highest BCUT2D eigenvalue weighted by molar-refractivity contribution is 6.32. The Labute approximate surface area is 128 Å². The molecule has 0 aliphatic carbocycles. The Morgan fingerprint density at radius 2 is 2.10 bits per heavy atom. The van der Waals surface area contributed by atoms with Gasteiger partial charge >= 0.3 is 0 Å². The molecule has 0 bridgehead atoms. The molecule has 0 aromatic carbocycles. The van der Waals surface area contributed by atoms with Crippen LogP contribution in [0.1, 0.15) is 23.7 Å². The number of hydrogen-bond acceptors (Lipinski definition) is 5. The first-order chi connectivity index (χ1) is 9.86. The molecule has 0 atom stereocenters. The monoisotopic (exact) mass is 314 g/mol. The Balaban J connectivity index is 2.89. The fourth-order valence-corrected chi connectivity index (χ4v) is 2.02. The summed E-state index contributed by atoms with van der Waals surface area (Å²) >= 11 is 5.89. The van der Waals surface area contributed by atoms with Crippen molar-refractivity contribution in [3.05, 3.63) is 33.1 Å². The molecule has 8 heteroatoms. The minimum atomic E-state index is -0.595. The van der Waals surface area contributed by atoms with Gasteiger partial charge in [0.1, 0.15) is 11.3 Å². The van der Waals surface area contributed by atoms with Gasteiger partial charge < -0.3 is 9.80 Å².